The lowest BCUT2D eigenvalue weighted by atomic mass is 10.1. The molecule has 0 radical (unpaired) electrons. The second kappa shape index (κ2) is 7.95. The molecule has 0 heterocycles. The van der Waals surface area contributed by atoms with E-state index in [9.17, 15) is 5.11 Å². The van der Waals surface area contributed by atoms with Crippen molar-refractivity contribution in [2.24, 2.45) is 0 Å². The molecule has 0 aromatic heterocycles. The zero-order valence-electron chi connectivity index (χ0n) is 13.4. The Labute approximate surface area is 126 Å². The summed E-state index contributed by atoms with van der Waals surface area (Å²) >= 11 is 0. The summed E-state index contributed by atoms with van der Waals surface area (Å²) in [4.78, 5) is 0. The van der Waals surface area contributed by atoms with Gasteiger partial charge in [0.05, 0.1) is 33.5 Å². The van der Waals surface area contributed by atoms with Crippen LogP contribution in [0.15, 0.2) is 12.1 Å². The fraction of sp³-hybridized carbons (Fsp3) is 0.600. The van der Waals surface area contributed by atoms with Gasteiger partial charge in [0.25, 0.3) is 0 Å². The number of likely N-dealkylation sites (N-methyl/N-ethyl adjacent to an activating group) is 1. The first-order valence-corrected chi connectivity index (χ1v) is 6.82. The highest BCUT2D eigenvalue weighted by Crippen LogP contribution is 2.40. The minimum atomic E-state index is -0.505. The highest BCUT2D eigenvalue weighted by atomic mass is 16.5. The summed E-state index contributed by atoms with van der Waals surface area (Å²) in [5, 5.41) is 12.7. The SMILES string of the molecule is CCNC(C)(CO)COc1cc(OC)c(OC)c(OC)c1. The van der Waals surface area contributed by atoms with Crippen LogP contribution in [-0.4, -0.2) is 51.7 Å². The van der Waals surface area contributed by atoms with Gasteiger partial charge in [0.15, 0.2) is 11.5 Å². The smallest absolute Gasteiger partial charge is 0.203 e. The van der Waals surface area contributed by atoms with Gasteiger partial charge in [-0.25, -0.2) is 0 Å². The molecule has 1 aromatic rings. The highest BCUT2D eigenvalue weighted by molar-refractivity contribution is 5.55. The van der Waals surface area contributed by atoms with Gasteiger partial charge in [-0.2, -0.15) is 0 Å². The van der Waals surface area contributed by atoms with Crippen LogP contribution in [0.4, 0.5) is 0 Å². The molecule has 0 fully saturated rings. The number of aliphatic hydroxyl groups excluding tert-OH is 1. The molecular formula is C15H25NO5. The van der Waals surface area contributed by atoms with Crippen LogP contribution in [0.5, 0.6) is 23.0 Å². The van der Waals surface area contributed by atoms with E-state index in [0.717, 1.165) is 6.54 Å². The molecule has 2 N–H and O–H groups in total. The van der Waals surface area contributed by atoms with E-state index in [-0.39, 0.29) is 6.61 Å². The topological polar surface area (TPSA) is 69.2 Å². The normalized spacial score (nSPS) is 13.4. The first kappa shape index (κ1) is 17.4. The van der Waals surface area contributed by atoms with Crippen LogP contribution in [0, 0.1) is 0 Å². The molecule has 0 aliphatic carbocycles. The summed E-state index contributed by atoms with van der Waals surface area (Å²) in [5.41, 5.74) is -0.505. The third kappa shape index (κ3) is 4.41. The van der Waals surface area contributed by atoms with E-state index in [2.05, 4.69) is 5.32 Å². The molecule has 1 unspecified atom stereocenters. The second-order valence-electron chi connectivity index (χ2n) is 4.90. The van der Waals surface area contributed by atoms with Gasteiger partial charge in [-0.05, 0) is 13.5 Å². The molecule has 6 nitrogen and oxygen atoms in total. The van der Waals surface area contributed by atoms with Crippen molar-refractivity contribution in [3.8, 4) is 23.0 Å². The molecule has 0 aliphatic heterocycles. The van der Waals surface area contributed by atoms with E-state index in [1.165, 1.54) is 0 Å². The summed E-state index contributed by atoms with van der Waals surface area (Å²) in [6.45, 7) is 4.92. The van der Waals surface area contributed by atoms with Gasteiger partial charge < -0.3 is 29.4 Å². The average molecular weight is 299 g/mol. The molecule has 1 aromatic carbocycles. The molecule has 0 saturated carbocycles. The minimum absolute atomic E-state index is 0.0226. The fourth-order valence-electron chi connectivity index (χ4n) is 1.96. The quantitative estimate of drug-likeness (QED) is 0.719. The molecule has 0 saturated heterocycles. The van der Waals surface area contributed by atoms with Gasteiger partial charge in [-0.1, -0.05) is 6.92 Å². The van der Waals surface area contributed by atoms with Crippen molar-refractivity contribution < 1.29 is 24.1 Å². The lowest BCUT2D eigenvalue weighted by Gasteiger charge is -2.28. The van der Waals surface area contributed by atoms with Crippen molar-refractivity contribution in [3.63, 3.8) is 0 Å². The standard InChI is InChI=1S/C15H25NO5/c1-6-16-15(2,9-17)10-21-11-7-12(18-3)14(20-5)13(8-11)19-4/h7-8,16-17H,6,9-10H2,1-5H3. The molecule has 0 spiro atoms. The van der Waals surface area contributed by atoms with Crippen LogP contribution in [-0.2, 0) is 0 Å². The largest absolute Gasteiger partial charge is 0.493 e. The molecule has 120 valence electrons. The summed E-state index contributed by atoms with van der Waals surface area (Å²) in [6, 6.07) is 3.45. The number of nitrogens with one attached hydrogen (secondary N) is 1. The Morgan fingerprint density at radius 2 is 1.67 bits per heavy atom. The minimum Gasteiger partial charge on any atom is -0.493 e. The zero-order chi connectivity index (χ0) is 15.9. The van der Waals surface area contributed by atoms with Gasteiger partial charge in [-0.3, -0.25) is 0 Å². The summed E-state index contributed by atoms with van der Waals surface area (Å²) in [7, 11) is 4.66. The Kier molecular flexibility index (Phi) is 6.58. The van der Waals surface area contributed by atoms with Crippen LogP contribution in [0.2, 0.25) is 0 Å². The van der Waals surface area contributed by atoms with Crippen molar-refractivity contribution in [2.45, 2.75) is 19.4 Å². The van der Waals surface area contributed by atoms with Crippen molar-refractivity contribution in [3.05, 3.63) is 12.1 Å². The van der Waals surface area contributed by atoms with E-state index in [0.29, 0.717) is 29.6 Å². The number of rotatable bonds is 9. The predicted octanol–water partition coefficient (Wildman–Crippen LogP) is 1.45. The number of benzene rings is 1. The van der Waals surface area contributed by atoms with Gasteiger partial charge in [0.2, 0.25) is 5.75 Å². The van der Waals surface area contributed by atoms with Gasteiger partial charge in [0, 0.05) is 12.1 Å². The summed E-state index contributed by atoms with van der Waals surface area (Å²) in [5.74, 6) is 2.16. The number of hydrogen-bond acceptors (Lipinski definition) is 6. The van der Waals surface area contributed by atoms with Crippen LogP contribution in [0.1, 0.15) is 13.8 Å². The number of ether oxygens (including phenoxy) is 4. The van der Waals surface area contributed by atoms with E-state index in [4.69, 9.17) is 18.9 Å². The summed E-state index contributed by atoms with van der Waals surface area (Å²) < 4.78 is 21.6. The zero-order valence-corrected chi connectivity index (χ0v) is 13.4. The van der Waals surface area contributed by atoms with E-state index in [1.54, 1.807) is 33.5 Å². The highest BCUT2D eigenvalue weighted by Gasteiger charge is 2.23. The molecule has 0 aliphatic rings. The molecule has 1 rings (SSSR count). The van der Waals surface area contributed by atoms with Crippen LogP contribution in [0.25, 0.3) is 0 Å². The van der Waals surface area contributed by atoms with Crippen molar-refractivity contribution in [1.29, 1.82) is 0 Å². The molecule has 0 amide bonds. The molecular weight excluding hydrogens is 274 g/mol. The number of aliphatic hydroxyl groups is 1. The van der Waals surface area contributed by atoms with E-state index in [1.807, 2.05) is 13.8 Å². The lowest BCUT2D eigenvalue weighted by Crippen LogP contribution is -2.50. The first-order valence-electron chi connectivity index (χ1n) is 6.82. The maximum atomic E-state index is 9.47. The van der Waals surface area contributed by atoms with Gasteiger partial charge >= 0.3 is 0 Å². The second-order valence-corrected chi connectivity index (χ2v) is 4.90. The molecule has 1 atom stereocenters. The summed E-state index contributed by atoms with van der Waals surface area (Å²) in [6.07, 6.45) is 0. The van der Waals surface area contributed by atoms with Crippen molar-refractivity contribution in [1.82, 2.24) is 5.32 Å². The third-order valence-corrected chi connectivity index (χ3v) is 3.15. The Balaban J connectivity index is 2.93. The lowest BCUT2D eigenvalue weighted by molar-refractivity contribution is 0.117. The van der Waals surface area contributed by atoms with Crippen LogP contribution < -0.4 is 24.3 Å². The van der Waals surface area contributed by atoms with Gasteiger partial charge in [0.1, 0.15) is 12.4 Å². The first-order chi connectivity index (χ1) is 10.0. The molecule has 0 bridgehead atoms. The Bertz CT molecular complexity index is 427. The van der Waals surface area contributed by atoms with Crippen molar-refractivity contribution in [2.75, 3.05) is 41.1 Å². The number of methoxy groups -OCH3 is 3. The predicted molar refractivity (Wildman–Crippen MR) is 80.8 cm³/mol. The van der Waals surface area contributed by atoms with E-state index < -0.39 is 5.54 Å². The monoisotopic (exact) mass is 299 g/mol. The van der Waals surface area contributed by atoms with Crippen LogP contribution in [0.3, 0.4) is 0 Å². The molecule has 21 heavy (non-hydrogen) atoms. The van der Waals surface area contributed by atoms with Crippen molar-refractivity contribution >= 4 is 0 Å². The van der Waals surface area contributed by atoms with Gasteiger partial charge in [-0.15, -0.1) is 0 Å². The molecule has 6 heteroatoms. The maximum Gasteiger partial charge on any atom is 0.203 e. The Hall–Kier alpha value is -1.66. The van der Waals surface area contributed by atoms with Crippen LogP contribution >= 0.6 is 0 Å². The maximum absolute atomic E-state index is 9.47. The van der Waals surface area contributed by atoms with E-state index >= 15 is 0 Å². The third-order valence-electron chi connectivity index (χ3n) is 3.15. The Morgan fingerprint density at radius 1 is 1.10 bits per heavy atom. The number of hydrogen-bond donors (Lipinski definition) is 2. The Morgan fingerprint density at radius 3 is 2.05 bits per heavy atom. The fourth-order valence-corrected chi connectivity index (χ4v) is 1.96. The average Bonchev–Trinajstić information content (AvgIpc) is 2.52.